The number of rotatable bonds is 4. The van der Waals surface area contributed by atoms with Crippen molar-refractivity contribution < 1.29 is 9.13 Å². The van der Waals surface area contributed by atoms with Gasteiger partial charge in [0, 0.05) is 18.8 Å². The molecule has 6 nitrogen and oxygen atoms in total. The molecule has 7 heteroatoms. The van der Waals surface area contributed by atoms with Gasteiger partial charge in [-0.15, -0.1) is 0 Å². The van der Waals surface area contributed by atoms with Crippen molar-refractivity contribution in [1.82, 2.24) is 19.7 Å². The number of nitrogens with zero attached hydrogens (tertiary/aromatic N) is 4. The van der Waals surface area contributed by atoms with Crippen molar-refractivity contribution in [3.8, 4) is 17.0 Å². The van der Waals surface area contributed by atoms with E-state index in [0.717, 1.165) is 11.8 Å². The summed E-state index contributed by atoms with van der Waals surface area (Å²) in [7, 11) is 1.76. The number of nitrogen functional groups attached to an aromatic ring is 1. The Balaban J connectivity index is 2.06. The average Bonchev–Trinajstić information content (AvgIpc) is 2.83. The van der Waals surface area contributed by atoms with Crippen LogP contribution in [0.3, 0.4) is 0 Å². The van der Waals surface area contributed by atoms with Crippen LogP contribution in [-0.4, -0.2) is 26.4 Å². The van der Waals surface area contributed by atoms with Crippen LogP contribution in [0.5, 0.6) is 5.75 Å². The van der Waals surface area contributed by atoms with E-state index >= 15 is 0 Å². The average molecular weight is 301 g/mol. The summed E-state index contributed by atoms with van der Waals surface area (Å²) in [5.41, 5.74) is 7.45. The van der Waals surface area contributed by atoms with Crippen LogP contribution >= 0.6 is 0 Å². The van der Waals surface area contributed by atoms with Crippen molar-refractivity contribution >= 4 is 17.0 Å². The molecule has 0 aliphatic heterocycles. The highest BCUT2D eigenvalue weighted by molar-refractivity contribution is 5.91. The van der Waals surface area contributed by atoms with E-state index < -0.39 is 5.82 Å². The summed E-state index contributed by atoms with van der Waals surface area (Å²) in [6.07, 6.45) is 2.42. The first-order valence-corrected chi connectivity index (χ1v) is 6.98. The first kappa shape index (κ1) is 14.2. The van der Waals surface area contributed by atoms with E-state index in [4.69, 9.17) is 10.5 Å². The van der Waals surface area contributed by atoms with Crippen LogP contribution in [0.1, 0.15) is 13.3 Å². The number of hydrogen-bond acceptors (Lipinski definition) is 5. The first-order chi connectivity index (χ1) is 10.6. The largest absolute Gasteiger partial charge is 0.491 e. The van der Waals surface area contributed by atoms with Gasteiger partial charge < -0.3 is 10.5 Å². The SMILES string of the molecule is CCCOc1ccc(-c2nn(C)c3nc(N)ncc23)cc1F. The number of benzene rings is 1. The molecule has 2 heterocycles. The fourth-order valence-corrected chi connectivity index (χ4v) is 2.24. The number of nitrogens with two attached hydrogens (primary N) is 1. The third kappa shape index (κ3) is 2.45. The number of aromatic nitrogens is 4. The Morgan fingerprint density at radius 2 is 2.18 bits per heavy atom. The van der Waals surface area contributed by atoms with E-state index in [0.29, 0.717) is 23.5 Å². The molecule has 0 saturated carbocycles. The standard InChI is InChI=1S/C15H16FN5O/c1-3-6-22-12-5-4-9(7-11(12)16)13-10-8-18-15(17)19-14(10)21(2)20-13/h4-5,7-8H,3,6H2,1-2H3,(H2,17,18,19). The quantitative estimate of drug-likeness (QED) is 0.801. The predicted octanol–water partition coefficient (Wildman–Crippen LogP) is 2.54. The maximum atomic E-state index is 14.1. The van der Waals surface area contributed by atoms with Crippen molar-refractivity contribution in [3.63, 3.8) is 0 Å². The summed E-state index contributed by atoms with van der Waals surface area (Å²) in [5.74, 6) is 0.00370. The molecule has 22 heavy (non-hydrogen) atoms. The lowest BCUT2D eigenvalue weighted by Crippen LogP contribution is -1.97. The lowest BCUT2D eigenvalue weighted by Gasteiger charge is -2.06. The van der Waals surface area contributed by atoms with Crippen LogP contribution in [0.15, 0.2) is 24.4 Å². The van der Waals surface area contributed by atoms with Crippen LogP contribution in [0.2, 0.25) is 0 Å². The van der Waals surface area contributed by atoms with Crippen molar-refractivity contribution in [2.24, 2.45) is 7.05 Å². The van der Waals surface area contributed by atoms with Gasteiger partial charge in [-0.1, -0.05) is 6.92 Å². The predicted molar refractivity (Wildman–Crippen MR) is 81.9 cm³/mol. The van der Waals surface area contributed by atoms with Gasteiger partial charge in [-0.2, -0.15) is 10.1 Å². The molecule has 2 aromatic heterocycles. The van der Waals surface area contributed by atoms with Crippen molar-refractivity contribution in [2.45, 2.75) is 13.3 Å². The molecular weight excluding hydrogens is 285 g/mol. The summed E-state index contributed by atoms with van der Waals surface area (Å²) in [6.45, 7) is 2.45. The van der Waals surface area contributed by atoms with E-state index in [-0.39, 0.29) is 11.7 Å². The Morgan fingerprint density at radius 1 is 1.36 bits per heavy atom. The topological polar surface area (TPSA) is 78.8 Å². The summed E-state index contributed by atoms with van der Waals surface area (Å²) in [4.78, 5) is 8.13. The van der Waals surface area contributed by atoms with Gasteiger partial charge in [0.05, 0.1) is 12.0 Å². The lowest BCUT2D eigenvalue weighted by molar-refractivity contribution is 0.301. The maximum Gasteiger partial charge on any atom is 0.222 e. The Labute approximate surface area is 126 Å². The van der Waals surface area contributed by atoms with Crippen molar-refractivity contribution in [1.29, 1.82) is 0 Å². The minimum absolute atomic E-state index is 0.177. The van der Waals surface area contributed by atoms with Gasteiger partial charge in [-0.25, -0.2) is 14.1 Å². The molecule has 3 rings (SSSR count). The molecule has 0 atom stereocenters. The molecule has 1 aromatic carbocycles. The second-order valence-corrected chi connectivity index (χ2v) is 4.93. The first-order valence-electron chi connectivity index (χ1n) is 6.98. The van der Waals surface area contributed by atoms with Gasteiger partial charge in [0.1, 0.15) is 5.69 Å². The second-order valence-electron chi connectivity index (χ2n) is 4.93. The fourth-order valence-electron chi connectivity index (χ4n) is 2.24. The third-order valence-corrected chi connectivity index (χ3v) is 3.27. The highest BCUT2D eigenvalue weighted by atomic mass is 19.1. The van der Waals surface area contributed by atoms with Crippen LogP contribution in [-0.2, 0) is 7.05 Å². The zero-order valence-corrected chi connectivity index (χ0v) is 12.4. The highest BCUT2D eigenvalue weighted by Crippen LogP contribution is 2.29. The Kier molecular flexibility index (Phi) is 3.62. The normalized spacial score (nSPS) is 11.0. The summed E-state index contributed by atoms with van der Waals surface area (Å²) in [5, 5.41) is 5.11. The zero-order valence-electron chi connectivity index (χ0n) is 12.4. The van der Waals surface area contributed by atoms with Gasteiger partial charge in [0.2, 0.25) is 5.95 Å². The summed E-state index contributed by atoms with van der Waals surface area (Å²) < 4.78 is 21.1. The van der Waals surface area contributed by atoms with Crippen molar-refractivity contribution in [3.05, 3.63) is 30.2 Å². The van der Waals surface area contributed by atoms with Crippen LogP contribution in [0.25, 0.3) is 22.3 Å². The molecule has 0 aliphatic rings. The number of aryl methyl sites for hydroxylation is 1. The van der Waals surface area contributed by atoms with E-state index in [1.54, 1.807) is 30.1 Å². The number of halogens is 1. The van der Waals surface area contributed by atoms with Crippen molar-refractivity contribution in [2.75, 3.05) is 12.3 Å². The van der Waals surface area contributed by atoms with Crippen LogP contribution in [0.4, 0.5) is 10.3 Å². The maximum absolute atomic E-state index is 14.1. The minimum Gasteiger partial charge on any atom is -0.491 e. The lowest BCUT2D eigenvalue weighted by atomic mass is 10.1. The van der Waals surface area contributed by atoms with Gasteiger partial charge in [0.15, 0.2) is 17.2 Å². The minimum atomic E-state index is -0.416. The number of anilines is 1. The highest BCUT2D eigenvalue weighted by Gasteiger charge is 2.14. The van der Waals surface area contributed by atoms with Gasteiger partial charge in [0.25, 0.3) is 0 Å². The van der Waals surface area contributed by atoms with Gasteiger partial charge in [-0.3, -0.25) is 0 Å². The molecule has 0 radical (unpaired) electrons. The van der Waals surface area contributed by atoms with E-state index in [2.05, 4.69) is 15.1 Å². The molecule has 0 spiro atoms. The molecule has 0 bridgehead atoms. The molecule has 0 fully saturated rings. The Bertz CT molecular complexity index is 830. The molecule has 0 unspecified atom stereocenters. The number of fused-ring (bicyclic) bond motifs is 1. The van der Waals surface area contributed by atoms with Crippen LogP contribution < -0.4 is 10.5 Å². The molecule has 114 valence electrons. The smallest absolute Gasteiger partial charge is 0.222 e. The monoisotopic (exact) mass is 301 g/mol. The van der Waals surface area contributed by atoms with E-state index in [9.17, 15) is 4.39 Å². The number of ether oxygens (including phenoxy) is 1. The second kappa shape index (κ2) is 5.59. The van der Waals surface area contributed by atoms with Gasteiger partial charge >= 0.3 is 0 Å². The molecule has 2 N–H and O–H groups in total. The Hall–Kier alpha value is -2.70. The van der Waals surface area contributed by atoms with E-state index in [1.807, 2.05) is 6.92 Å². The fraction of sp³-hybridized carbons (Fsp3) is 0.267. The molecule has 3 aromatic rings. The van der Waals surface area contributed by atoms with E-state index in [1.165, 1.54) is 6.07 Å². The molecule has 0 amide bonds. The molecule has 0 aliphatic carbocycles. The number of hydrogen-bond donors (Lipinski definition) is 1. The van der Waals surface area contributed by atoms with Gasteiger partial charge in [-0.05, 0) is 24.6 Å². The molecular formula is C15H16FN5O. The summed E-state index contributed by atoms with van der Waals surface area (Å²) >= 11 is 0. The zero-order chi connectivity index (χ0) is 15.7. The molecule has 0 saturated heterocycles. The third-order valence-electron chi connectivity index (χ3n) is 3.27. The summed E-state index contributed by atoms with van der Waals surface area (Å²) in [6, 6.07) is 4.79. The van der Waals surface area contributed by atoms with Crippen LogP contribution in [0, 0.1) is 5.82 Å². The Morgan fingerprint density at radius 3 is 2.91 bits per heavy atom.